The summed E-state index contributed by atoms with van der Waals surface area (Å²) >= 11 is 0. The Hall–Kier alpha value is -4.64. The molecule has 248 valence electrons. The van der Waals surface area contributed by atoms with Crippen molar-refractivity contribution in [2.45, 2.75) is 50.2 Å². The normalized spacial score (nSPS) is 21.7. The maximum Gasteiger partial charge on any atom is 0.268 e. The molecule has 4 atom stereocenters. The Labute approximate surface area is 281 Å². The van der Waals surface area contributed by atoms with Crippen LogP contribution in [-0.4, -0.2) is 55.9 Å². The van der Waals surface area contributed by atoms with Crippen molar-refractivity contribution in [1.29, 1.82) is 0 Å². The summed E-state index contributed by atoms with van der Waals surface area (Å²) in [7, 11) is -3.57. The standard InChI is InChI=1S/C38H40FN3O5Si/c1-27-36(48(2,3)39)34(24-35(45)40(21-22-43)25-28-13-7-4-8-14-28)47-38(27)32-23-31(41(26-44)29-15-9-5-10-16-29)19-20-33(32)42(37(38)46)30-17-11-6-12-18-30/h4-20,23,26-27,34,36,43H,21-22,24-25H2,1-3H3/t27-,34+,36-,38+/m1/s1. The zero-order valence-corrected chi connectivity index (χ0v) is 28.3. The van der Waals surface area contributed by atoms with E-state index in [4.69, 9.17) is 4.74 Å². The van der Waals surface area contributed by atoms with Crippen molar-refractivity contribution >= 4 is 49.4 Å². The Morgan fingerprint density at radius 3 is 2.19 bits per heavy atom. The minimum absolute atomic E-state index is 0.107. The highest BCUT2D eigenvalue weighted by Gasteiger charge is 2.67. The number of nitrogens with zero attached hydrogens (tertiary/aromatic N) is 3. The van der Waals surface area contributed by atoms with Crippen molar-refractivity contribution in [2.75, 3.05) is 23.0 Å². The molecule has 0 saturated carbocycles. The minimum Gasteiger partial charge on any atom is -0.395 e. The molecule has 0 radical (unpaired) electrons. The fourth-order valence-electron chi connectivity index (χ4n) is 7.52. The Kier molecular flexibility index (Phi) is 9.33. The van der Waals surface area contributed by atoms with Crippen molar-refractivity contribution in [1.82, 2.24) is 4.90 Å². The second kappa shape index (κ2) is 13.5. The summed E-state index contributed by atoms with van der Waals surface area (Å²) in [6, 6.07) is 33.2. The van der Waals surface area contributed by atoms with Gasteiger partial charge in [0.2, 0.25) is 20.7 Å². The second-order valence-corrected chi connectivity index (χ2v) is 16.8. The second-order valence-electron chi connectivity index (χ2n) is 13.0. The molecular formula is C38H40FN3O5Si. The van der Waals surface area contributed by atoms with Crippen LogP contribution in [0.1, 0.15) is 24.5 Å². The van der Waals surface area contributed by atoms with E-state index in [9.17, 15) is 19.5 Å². The summed E-state index contributed by atoms with van der Waals surface area (Å²) < 4.78 is 23.4. The molecule has 6 rings (SSSR count). The molecule has 3 amide bonds. The largest absolute Gasteiger partial charge is 0.395 e. The van der Waals surface area contributed by atoms with Crippen LogP contribution in [0.15, 0.2) is 109 Å². The predicted octanol–water partition coefficient (Wildman–Crippen LogP) is 6.85. The van der Waals surface area contributed by atoms with Crippen LogP contribution in [0.4, 0.5) is 26.9 Å². The monoisotopic (exact) mass is 665 g/mol. The Balaban J connectivity index is 1.44. The van der Waals surface area contributed by atoms with Crippen LogP contribution in [0.2, 0.25) is 18.6 Å². The van der Waals surface area contributed by atoms with Gasteiger partial charge in [-0.15, -0.1) is 0 Å². The highest BCUT2D eigenvalue weighted by atomic mass is 28.4. The van der Waals surface area contributed by atoms with Gasteiger partial charge in [0.15, 0.2) is 5.60 Å². The minimum atomic E-state index is -3.57. The summed E-state index contributed by atoms with van der Waals surface area (Å²) in [5.74, 6) is -1.29. The number of fused-ring (bicyclic) bond motifs is 2. The number of amides is 3. The van der Waals surface area contributed by atoms with Crippen molar-refractivity contribution in [3.63, 3.8) is 0 Å². The summed E-state index contributed by atoms with van der Waals surface area (Å²) in [5, 5.41) is 9.81. The molecule has 2 aliphatic rings. The number of halogens is 1. The Morgan fingerprint density at radius 2 is 1.58 bits per heavy atom. The first kappa shape index (κ1) is 33.3. The van der Waals surface area contributed by atoms with Gasteiger partial charge < -0.3 is 18.9 Å². The van der Waals surface area contributed by atoms with Crippen molar-refractivity contribution in [3.8, 4) is 0 Å². The number of aliphatic hydroxyl groups excluding tert-OH is 1. The number of anilines is 4. The lowest BCUT2D eigenvalue weighted by Crippen LogP contribution is -2.44. The van der Waals surface area contributed by atoms with E-state index in [0.717, 1.165) is 12.0 Å². The molecule has 1 fully saturated rings. The number of para-hydroxylation sites is 2. The third kappa shape index (κ3) is 5.95. The van der Waals surface area contributed by atoms with E-state index >= 15 is 4.11 Å². The number of carbonyl (C=O) groups is 3. The van der Waals surface area contributed by atoms with E-state index in [1.165, 1.54) is 4.90 Å². The highest BCUT2D eigenvalue weighted by Crippen LogP contribution is 2.61. The lowest BCUT2D eigenvalue weighted by Gasteiger charge is -2.31. The molecule has 10 heteroatoms. The maximum absolute atomic E-state index is 16.5. The topological polar surface area (TPSA) is 90.4 Å². The average Bonchev–Trinajstić information content (AvgIpc) is 3.52. The predicted molar refractivity (Wildman–Crippen MR) is 186 cm³/mol. The number of aliphatic hydroxyl groups is 1. The van der Waals surface area contributed by atoms with Crippen LogP contribution in [-0.2, 0) is 31.3 Å². The van der Waals surface area contributed by atoms with Crippen molar-refractivity contribution < 1.29 is 28.3 Å². The molecule has 8 nitrogen and oxygen atoms in total. The smallest absolute Gasteiger partial charge is 0.268 e. The molecule has 0 aromatic heterocycles. The lowest BCUT2D eigenvalue weighted by molar-refractivity contribution is -0.149. The fourth-order valence-corrected chi connectivity index (χ4v) is 10.0. The van der Waals surface area contributed by atoms with Gasteiger partial charge in [0.25, 0.3) is 5.91 Å². The van der Waals surface area contributed by atoms with Crippen LogP contribution in [0.3, 0.4) is 0 Å². The van der Waals surface area contributed by atoms with E-state index in [1.54, 1.807) is 41.1 Å². The maximum atomic E-state index is 16.5. The molecule has 0 aliphatic carbocycles. The van der Waals surface area contributed by atoms with Crippen LogP contribution in [0.25, 0.3) is 0 Å². The molecule has 4 aromatic rings. The van der Waals surface area contributed by atoms with Crippen LogP contribution in [0.5, 0.6) is 0 Å². The first-order valence-corrected chi connectivity index (χ1v) is 19.2. The first-order valence-electron chi connectivity index (χ1n) is 16.2. The van der Waals surface area contributed by atoms with E-state index in [1.807, 2.05) is 97.9 Å². The van der Waals surface area contributed by atoms with Gasteiger partial charge in [0, 0.05) is 47.2 Å². The van der Waals surface area contributed by atoms with Crippen LogP contribution in [0, 0.1) is 5.92 Å². The van der Waals surface area contributed by atoms with E-state index in [0.29, 0.717) is 28.3 Å². The number of rotatable bonds is 11. The van der Waals surface area contributed by atoms with Crippen molar-refractivity contribution in [2.24, 2.45) is 5.92 Å². The van der Waals surface area contributed by atoms with Crippen LogP contribution < -0.4 is 9.80 Å². The van der Waals surface area contributed by atoms with Gasteiger partial charge >= 0.3 is 0 Å². The zero-order valence-electron chi connectivity index (χ0n) is 27.3. The van der Waals surface area contributed by atoms with Gasteiger partial charge in [-0.1, -0.05) is 73.7 Å². The third-order valence-electron chi connectivity index (χ3n) is 9.60. The molecule has 2 heterocycles. The Bertz CT molecular complexity index is 1770. The molecular weight excluding hydrogens is 626 g/mol. The van der Waals surface area contributed by atoms with E-state index in [2.05, 4.69) is 0 Å². The zero-order chi connectivity index (χ0) is 34.1. The number of hydrogen-bond acceptors (Lipinski definition) is 5. The average molecular weight is 666 g/mol. The summed E-state index contributed by atoms with van der Waals surface area (Å²) in [6.45, 7) is 5.19. The number of ether oxygens (including phenoxy) is 1. The van der Waals surface area contributed by atoms with Gasteiger partial charge in [0.05, 0.1) is 24.8 Å². The first-order chi connectivity index (χ1) is 23.1. The van der Waals surface area contributed by atoms with Gasteiger partial charge in [-0.25, -0.2) is 0 Å². The van der Waals surface area contributed by atoms with Gasteiger partial charge in [-0.2, -0.15) is 0 Å². The number of benzene rings is 4. The fraction of sp³-hybridized carbons (Fsp3) is 0.289. The molecule has 1 N–H and O–H groups in total. The van der Waals surface area contributed by atoms with E-state index < -0.39 is 31.6 Å². The third-order valence-corrected chi connectivity index (χ3v) is 12.1. The molecule has 0 unspecified atom stereocenters. The molecule has 0 bridgehead atoms. The summed E-state index contributed by atoms with van der Waals surface area (Å²) in [6.07, 6.45) is -0.329. The SMILES string of the molecule is C[C@@H]1[C@@H]([Si](C)(C)F)[C@H](CC(=O)N(CCO)Cc2ccccc2)O[C@@]12C(=O)N(c1ccccc1)c1ccc(N(C=O)c3ccccc3)cc12. The number of carbonyl (C=O) groups excluding carboxylic acids is 3. The molecule has 1 spiro atoms. The van der Waals surface area contributed by atoms with E-state index in [-0.39, 0.29) is 37.9 Å². The Morgan fingerprint density at radius 1 is 0.958 bits per heavy atom. The molecule has 2 aliphatic heterocycles. The van der Waals surface area contributed by atoms with Crippen LogP contribution >= 0.6 is 0 Å². The molecule has 4 aromatic carbocycles. The summed E-state index contributed by atoms with van der Waals surface area (Å²) in [4.78, 5) is 45.9. The highest BCUT2D eigenvalue weighted by molar-refractivity contribution is 6.72. The van der Waals surface area contributed by atoms with Gasteiger partial charge in [0.1, 0.15) is 0 Å². The number of hydrogen-bond donors (Lipinski definition) is 1. The quantitative estimate of drug-likeness (QED) is 0.108. The molecule has 48 heavy (non-hydrogen) atoms. The molecule has 1 saturated heterocycles. The van der Waals surface area contributed by atoms with Crippen molar-refractivity contribution in [3.05, 3.63) is 120 Å². The van der Waals surface area contributed by atoms with Gasteiger partial charge in [-0.05, 0) is 61.1 Å². The van der Waals surface area contributed by atoms with Gasteiger partial charge in [-0.3, -0.25) is 24.2 Å². The summed E-state index contributed by atoms with van der Waals surface area (Å²) in [5.41, 5.74) is 1.49. The lowest BCUT2D eigenvalue weighted by atomic mass is 9.82.